The Balaban J connectivity index is 1.92. The minimum atomic E-state index is 0.0793. The Bertz CT molecular complexity index is 420. The predicted molar refractivity (Wildman–Crippen MR) is 63.1 cm³/mol. The zero-order valence-corrected chi connectivity index (χ0v) is 9.39. The monoisotopic (exact) mass is 216 g/mol. The van der Waals surface area contributed by atoms with Crippen LogP contribution in [0.25, 0.3) is 0 Å². The maximum atomic E-state index is 6.05. The van der Waals surface area contributed by atoms with Gasteiger partial charge < -0.3 is 10.2 Å². The van der Waals surface area contributed by atoms with Gasteiger partial charge in [-0.1, -0.05) is 29.8 Å². The van der Waals surface area contributed by atoms with Crippen molar-refractivity contribution in [1.29, 1.82) is 0 Å². The number of nitrogens with two attached hydrogens (primary N) is 1. The molecule has 84 valence electrons. The predicted octanol–water partition coefficient (Wildman–Crippen LogP) is 2.10. The van der Waals surface area contributed by atoms with Crippen molar-refractivity contribution in [2.45, 2.75) is 25.8 Å². The second-order valence-electron chi connectivity index (χ2n) is 4.12. The lowest BCUT2D eigenvalue weighted by molar-refractivity contribution is 0.479. The summed E-state index contributed by atoms with van der Waals surface area (Å²) in [5.74, 6) is 0.847. The van der Waals surface area contributed by atoms with Gasteiger partial charge in [0.15, 0.2) is 6.39 Å². The molecule has 3 nitrogen and oxygen atoms in total. The quantitative estimate of drug-likeness (QED) is 0.851. The van der Waals surface area contributed by atoms with E-state index in [1.807, 2.05) is 0 Å². The van der Waals surface area contributed by atoms with Crippen LogP contribution in [0.4, 0.5) is 0 Å². The van der Waals surface area contributed by atoms with Gasteiger partial charge in [0.25, 0.3) is 0 Å². The number of rotatable bonds is 4. The average molecular weight is 216 g/mol. The molecule has 0 amide bonds. The summed E-state index contributed by atoms with van der Waals surface area (Å²) in [6.45, 7) is 2.08. The molecule has 1 atom stereocenters. The fourth-order valence-corrected chi connectivity index (χ4v) is 1.70. The molecule has 0 aliphatic heterocycles. The molecular weight excluding hydrogens is 200 g/mol. The third-order valence-corrected chi connectivity index (χ3v) is 2.57. The number of hydrogen-bond donors (Lipinski definition) is 1. The van der Waals surface area contributed by atoms with Crippen LogP contribution < -0.4 is 5.73 Å². The van der Waals surface area contributed by atoms with Crippen LogP contribution in [0.2, 0.25) is 0 Å². The number of benzene rings is 1. The highest BCUT2D eigenvalue weighted by Gasteiger charge is 2.07. The first-order valence-corrected chi connectivity index (χ1v) is 5.42. The van der Waals surface area contributed by atoms with E-state index in [9.17, 15) is 0 Å². The summed E-state index contributed by atoms with van der Waals surface area (Å²) in [5, 5.41) is 0. The van der Waals surface area contributed by atoms with Crippen LogP contribution in [0.1, 0.15) is 16.9 Å². The molecule has 0 aliphatic rings. The van der Waals surface area contributed by atoms with Crippen molar-refractivity contribution in [2.24, 2.45) is 5.73 Å². The van der Waals surface area contributed by atoms with Gasteiger partial charge in [-0.15, -0.1) is 0 Å². The first-order chi connectivity index (χ1) is 7.74. The first-order valence-electron chi connectivity index (χ1n) is 5.42. The van der Waals surface area contributed by atoms with E-state index in [0.717, 1.165) is 18.6 Å². The molecule has 2 aromatic rings. The van der Waals surface area contributed by atoms with Gasteiger partial charge >= 0.3 is 0 Å². The molecule has 0 bridgehead atoms. The van der Waals surface area contributed by atoms with Crippen LogP contribution in [0.5, 0.6) is 0 Å². The Kier molecular flexibility index (Phi) is 3.37. The molecule has 0 radical (unpaired) electrons. The molecule has 3 heteroatoms. The highest BCUT2D eigenvalue weighted by Crippen LogP contribution is 2.08. The summed E-state index contributed by atoms with van der Waals surface area (Å²) in [7, 11) is 0. The van der Waals surface area contributed by atoms with Crippen molar-refractivity contribution in [3.8, 4) is 0 Å². The van der Waals surface area contributed by atoms with E-state index in [1.165, 1.54) is 17.5 Å². The van der Waals surface area contributed by atoms with Crippen molar-refractivity contribution < 1.29 is 4.42 Å². The minimum absolute atomic E-state index is 0.0793. The maximum Gasteiger partial charge on any atom is 0.180 e. The summed E-state index contributed by atoms with van der Waals surface area (Å²) < 4.78 is 5.17. The molecule has 16 heavy (non-hydrogen) atoms. The summed E-state index contributed by atoms with van der Waals surface area (Å²) in [6, 6.07) is 8.54. The lowest BCUT2D eigenvalue weighted by Gasteiger charge is -2.09. The molecule has 2 N–H and O–H groups in total. The van der Waals surface area contributed by atoms with E-state index in [4.69, 9.17) is 10.2 Å². The number of oxazole rings is 1. The van der Waals surface area contributed by atoms with Crippen LogP contribution in [-0.2, 0) is 12.8 Å². The number of hydrogen-bond acceptors (Lipinski definition) is 3. The lowest BCUT2D eigenvalue weighted by atomic mass is 10.0. The number of aryl methyl sites for hydroxylation is 1. The van der Waals surface area contributed by atoms with Crippen molar-refractivity contribution in [3.63, 3.8) is 0 Å². The number of aromatic nitrogens is 1. The van der Waals surface area contributed by atoms with Gasteiger partial charge in [0.2, 0.25) is 0 Å². The van der Waals surface area contributed by atoms with Gasteiger partial charge in [0.05, 0.1) is 6.20 Å². The van der Waals surface area contributed by atoms with E-state index in [1.54, 1.807) is 6.20 Å². The largest absolute Gasteiger partial charge is 0.448 e. The molecule has 1 unspecified atom stereocenters. The molecule has 1 aromatic heterocycles. The summed E-state index contributed by atoms with van der Waals surface area (Å²) >= 11 is 0. The SMILES string of the molecule is Cc1ccc(CC(N)Cc2cnco2)cc1. The van der Waals surface area contributed by atoms with E-state index in [-0.39, 0.29) is 6.04 Å². The van der Waals surface area contributed by atoms with Crippen LogP contribution in [-0.4, -0.2) is 11.0 Å². The zero-order valence-electron chi connectivity index (χ0n) is 9.39. The Morgan fingerprint density at radius 3 is 2.62 bits per heavy atom. The van der Waals surface area contributed by atoms with Crippen LogP contribution in [0, 0.1) is 6.92 Å². The van der Waals surface area contributed by atoms with E-state index >= 15 is 0 Å². The summed E-state index contributed by atoms with van der Waals surface area (Å²) in [4.78, 5) is 3.87. The van der Waals surface area contributed by atoms with Gasteiger partial charge in [-0.25, -0.2) is 4.98 Å². The van der Waals surface area contributed by atoms with Gasteiger partial charge in [-0.3, -0.25) is 0 Å². The molecule has 0 fully saturated rings. The summed E-state index contributed by atoms with van der Waals surface area (Å²) in [5.41, 5.74) is 8.58. The van der Waals surface area contributed by atoms with Crippen molar-refractivity contribution in [1.82, 2.24) is 4.98 Å². The molecule has 1 heterocycles. The van der Waals surface area contributed by atoms with E-state index in [0.29, 0.717) is 0 Å². The second-order valence-corrected chi connectivity index (χ2v) is 4.12. The third kappa shape index (κ3) is 2.94. The Hall–Kier alpha value is -1.61. The molecule has 2 rings (SSSR count). The maximum absolute atomic E-state index is 6.05. The standard InChI is InChI=1S/C13H16N2O/c1-10-2-4-11(5-3-10)6-12(14)7-13-8-15-9-16-13/h2-5,8-9,12H,6-7,14H2,1H3. The molecule has 0 saturated heterocycles. The van der Waals surface area contributed by atoms with Gasteiger partial charge in [-0.2, -0.15) is 0 Å². The smallest absolute Gasteiger partial charge is 0.180 e. The van der Waals surface area contributed by atoms with Crippen LogP contribution >= 0.6 is 0 Å². The molecule has 0 aliphatic carbocycles. The topological polar surface area (TPSA) is 52.0 Å². The Labute approximate surface area is 95.3 Å². The third-order valence-electron chi connectivity index (χ3n) is 2.57. The van der Waals surface area contributed by atoms with E-state index in [2.05, 4.69) is 36.2 Å². The van der Waals surface area contributed by atoms with Crippen LogP contribution in [0.3, 0.4) is 0 Å². The molecular formula is C13H16N2O. The highest BCUT2D eigenvalue weighted by molar-refractivity contribution is 5.22. The van der Waals surface area contributed by atoms with Gasteiger partial charge in [-0.05, 0) is 18.9 Å². The number of nitrogens with zero attached hydrogens (tertiary/aromatic N) is 1. The van der Waals surface area contributed by atoms with Gasteiger partial charge in [0.1, 0.15) is 5.76 Å². The molecule has 0 saturated carbocycles. The lowest BCUT2D eigenvalue weighted by Crippen LogP contribution is -2.25. The zero-order chi connectivity index (χ0) is 11.4. The Morgan fingerprint density at radius 1 is 1.25 bits per heavy atom. The minimum Gasteiger partial charge on any atom is -0.448 e. The average Bonchev–Trinajstić information content (AvgIpc) is 2.74. The van der Waals surface area contributed by atoms with Crippen molar-refractivity contribution in [3.05, 3.63) is 53.7 Å². The first kappa shape index (κ1) is 10.9. The fourth-order valence-electron chi connectivity index (χ4n) is 1.70. The molecule has 0 spiro atoms. The summed E-state index contributed by atoms with van der Waals surface area (Å²) in [6.07, 6.45) is 4.75. The fraction of sp³-hybridized carbons (Fsp3) is 0.308. The van der Waals surface area contributed by atoms with Crippen molar-refractivity contribution >= 4 is 0 Å². The molecule has 1 aromatic carbocycles. The van der Waals surface area contributed by atoms with Gasteiger partial charge in [0, 0.05) is 12.5 Å². The second kappa shape index (κ2) is 4.94. The van der Waals surface area contributed by atoms with E-state index < -0.39 is 0 Å². The normalized spacial score (nSPS) is 12.6. The van der Waals surface area contributed by atoms with Crippen LogP contribution in [0.15, 0.2) is 41.3 Å². The highest BCUT2D eigenvalue weighted by atomic mass is 16.3. The van der Waals surface area contributed by atoms with Crippen molar-refractivity contribution in [2.75, 3.05) is 0 Å². The Morgan fingerprint density at radius 2 is 2.00 bits per heavy atom.